The average molecular weight is 176 g/mol. The Balaban J connectivity index is 0.000001000. The molecule has 0 unspecified atom stereocenters. The van der Waals surface area contributed by atoms with Gasteiger partial charge in [-0.25, -0.2) is 0 Å². The average Bonchev–Trinajstić information content (AvgIpc) is 2.34. The summed E-state index contributed by atoms with van der Waals surface area (Å²) in [5, 5.41) is 0. The van der Waals surface area contributed by atoms with Crippen LogP contribution in [0.5, 0.6) is 0 Å². The molecule has 0 fully saturated rings. The highest BCUT2D eigenvalue weighted by molar-refractivity contribution is 5.85. The van der Waals surface area contributed by atoms with Gasteiger partial charge in [0.15, 0.2) is 0 Å². The Labute approximate surface area is 72.8 Å². The monoisotopic (exact) mass is 175 g/mol. The molecular weight excluding hydrogens is 162 g/mol. The van der Waals surface area contributed by atoms with Crippen molar-refractivity contribution in [2.45, 2.75) is 6.04 Å². The third-order valence-electron chi connectivity index (χ3n) is 1.62. The second kappa shape index (κ2) is 4.38. The molecule has 1 aromatic rings. The van der Waals surface area contributed by atoms with Crippen molar-refractivity contribution in [3.05, 3.63) is 24.0 Å². The molecule has 0 aliphatic heterocycles. The molecule has 0 aliphatic carbocycles. The summed E-state index contributed by atoms with van der Waals surface area (Å²) >= 11 is 0. The fraction of sp³-hybridized carbons (Fsp3) is 0.429. The molecule has 0 aromatic carbocycles. The van der Waals surface area contributed by atoms with Gasteiger partial charge in [0.05, 0.1) is 6.04 Å². The van der Waals surface area contributed by atoms with E-state index in [9.17, 15) is 0 Å². The van der Waals surface area contributed by atoms with Gasteiger partial charge >= 0.3 is 0 Å². The molecular formula is C7H14ClN3. The van der Waals surface area contributed by atoms with Crippen molar-refractivity contribution in [1.29, 1.82) is 0 Å². The summed E-state index contributed by atoms with van der Waals surface area (Å²) in [7, 11) is 1.96. The summed E-state index contributed by atoms with van der Waals surface area (Å²) in [5.41, 5.74) is 12.2. The number of nitrogens with zero attached hydrogens (tertiary/aromatic N) is 1. The van der Waals surface area contributed by atoms with Crippen LogP contribution in [0.3, 0.4) is 0 Å². The van der Waals surface area contributed by atoms with Gasteiger partial charge in [-0.2, -0.15) is 0 Å². The number of hydrogen-bond acceptors (Lipinski definition) is 2. The highest BCUT2D eigenvalue weighted by Gasteiger charge is 2.04. The van der Waals surface area contributed by atoms with E-state index < -0.39 is 0 Å². The van der Waals surface area contributed by atoms with Crippen LogP contribution >= 0.6 is 12.4 Å². The first-order valence-electron chi connectivity index (χ1n) is 3.32. The highest BCUT2D eigenvalue weighted by Crippen LogP contribution is 2.07. The maximum absolute atomic E-state index is 5.69. The lowest BCUT2D eigenvalue weighted by atomic mass is 10.2. The molecule has 0 bridgehead atoms. The number of nitrogens with two attached hydrogens (primary N) is 2. The first-order valence-corrected chi connectivity index (χ1v) is 3.32. The molecule has 0 saturated carbocycles. The molecule has 4 N–H and O–H groups in total. The molecule has 0 amide bonds. The molecule has 0 saturated heterocycles. The predicted octanol–water partition coefficient (Wildman–Crippen LogP) is 0.405. The van der Waals surface area contributed by atoms with Crippen LogP contribution in [0, 0.1) is 0 Å². The van der Waals surface area contributed by atoms with E-state index in [0.717, 1.165) is 5.69 Å². The second-order valence-electron chi connectivity index (χ2n) is 2.39. The molecule has 0 spiro atoms. The smallest absolute Gasteiger partial charge is 0.0574 e. The largest absolute Gasteiger partial charge is 0.353 e. The lowest BCUT2D eigenvalue weighted by molar-refractivity contribution is 0.668. The third kappa shape index (κ3) is 2.22. The van der Waals surface area contributed by atoms with Gasteiger partial charge in [-0.15, -0.1) is 12.4 Å². The summed E-state index contributed by atoms with van der Waals surface area (Å²) in [6, 6.07) is 3.92. The maximum Gasteiger partial charge on any atom is 0.0574 e. The number of halogens is 1. The van der Waals surface area contributed by atoms with E-state index >= 15 is 0 Å². The SMILES string of the molecule is Cl.Cn1cccc1[C@@H](N)CN. The Morgan fingerprint density at radius 3 is 2.64 bits per heavy atom. The van der Waals surface area contributed by atoms with E-state index in [2.05, 4.69) is 0 Å². The molecule has 11 heavy (non-hydrogen) atoms. The molecule has 0 aliphatic rings. The highest BCUT2D eigenvalue weighted by atomic mass is 35.5. The topological polar surface area (TPSA) is 57.0 Å². The minimum atomic E-state index is -0.0278. The molecule has 0 radical (unpaired) electrons. The van der Waals surface area contributed by atoms with Crippen molar-refractivity contribution < 1.29 is 0 Å². The standard InChI is InChI=1S/C7H13N3.ClH/c1-10-4-2-3-7(10)6(9)5-8;/h2-4,6H,5,8-9H2,1H3;1H/t6-;/m0./s1. The molecule has 64 valence electrons. The van der Waals surface area contributed by atoms with Crippen molar-refractivity contribution in [3.63, 3.8) is 0 Å². The minimum absolute atomic E-state index is 0. The van der Waals surface area contributed by atoms with Gasteiger partial charge in [-0.3, -0.25) is 0 Å². The van der Waals surface area contributed by atoms with Gasteiger partial charge in [0.1, 0.15) is 0 Å². The van der Waals surface area contributed by atoms with Crippen molar-refractivity contribution >= 4 is 12.4 Å². The summed E-state index contributed by atoms with van der Waals surface area (Å²) < 4.78 is 1.98. The van der Waals surface area contributed by atoms with Crippen molar-refractivity contribution in [2.24, 2.45) is 18.5 Å². The van der Waals surface area contributed by atoms with Crippen molar-refractivity contribution in [3.8, 4) is 0 Å². The quantitative estimate of drug-likeness (QED) is 0.684. The first kappa shape index (κ1) is 10.5. The van der Waals surface area contributed by atoms with Gasteiger partial charge in [0.25, 0.3) is 0 Å². The van der Waals surface area contributed by atoms with Crippen LogP contribution in [-0.4, -0.2) is 11.1 Å². The van der Waals surface area contributed by atoms with Crippen LogP contribution in [0.15, 0.2) is 18.3 Å². The lowest BCUT2D eigenvalue weighted by Gasteiger charge is -2.09. The van der Waals surface area contributed by atoms with Gasteiger partial charge in [0, 0.05) is 25.5 Å². The molecule has 3 nitrogen and oxygen atoms in total. The fourth-order valence-electron chi connectivity index (χ4n) is 0.980. The van der Waals surface area contributed by atoms with Crippen LogP contribution in [0.4, 0.5) is 0 Å². The van der Waals surface area contributed by atoms with Gasteiger partial charge in [-0.1, -0.05) is 0 Å². The maximum atomic E-state index is 5.69. The predicted molar refractivity (Wildman–Crippen MR) is 48.6 cm³/mol. The van der Waals surface area contributed by atoms with Crippen LogP contribution in [0.25, 0.3) is 0 Å². The summed E-state index contributed by atoms with van der Waals surface area (Å²) in [4.78, 5) is 0. The zero-order valence-electron chi connectivity index (χ0n) is 6.53. The van der Waals surface area contributed by atoms with Crippen LogP contribution in [-0.2, 0) is 7.05 Å². The third-order valence-corrected chi connectivity index (χ3v) is 1.62. The van der Waals surface area contributed by atoms with Crippen molar-refractivity contribution in [2.75, 3.05) is 6.54 Å². The van der Waals surface area contributed by atoms with E-state index in [0.29, 0.717) is 6.54 Å². The van der Waals surface area contributed by atoms with Crippen LogP contribution in [0.1, 0.15) is 11.7 Å². The molecule has 1 heterocycles. The zero-order valence-corrected chi connectivity index (χ0v) is 7.34. The van der Waals surface area contributed by atoms with E-state index in [-0.39, 0.29) is 18.4 Å². The van der Waals surface area contributed by atoms with E-state index in [1.54, 1.807) is 0 Å². The van der Waals surface area contributed by atoms with Gasteiger partial charge < -0.3 is 16.0 Å². The number of aryl methyl sites for hydroxylation is 1. The summed E-state index contributed by atoms with van der Waals surface area (Å²) in [6.45, 7) is 0.498. The van der Waals surface area contributed by atoms with Crippen LogP contribution in [0.2, 0.25) is 0 Å². The zero-order chi connectivity index (χ0) is 7.56. The Morgan fingerprint density at radius 2 is 2.27 bits per heavy atom. The Kier molecular flexibility index (Phi) is 4.18. The Hall–Kier alpha value is -0.510. The number of aromatic nitrogens is 1. The Bertz CT molecular complexity index is 209. The Morgan fingerprint density at radius 1 is 1.64 bits per heavy atom. The van der Waals surface area contributed by atoms with Gasteiger partial charge in [0.2, 0.25) is 0 Å². The molecule has 4 heteroatoms. The molecule has 1 aromatic heterocycles. The van der Waals surface area contributed by atoms with Gasteiger partial charge in [-0.05, 0) is 12.1 Å². The molecule has 1 atom stereocenters. The lowest BCUT2D eigenvalue weighted by Crippen LogP contribution is -2.22. The summed E-state index contributed by atoms with van der Waals surface area (Å²) in [6.07, 6.45) is 1.96. The van der Waals surface area contributed by atoms with E-state index in [4.69, 9.17) is 11.5 Å². The van der Waals surface area contributed by atoms with Crippen molar-refractivity contribution in [1.82, 2.24) is 4.57 Å². The second-order valence-corrected chi connectivity index (χ2v) is 2.39. The van der Waals surface area contributed by atoms with Crippen LogP contribution < -0.4 is 11.5 Å². The minimum Gasteiger partial charge on any atom is -0.353 e. The fourth-order valence-corrected chi connectivity index (χ4v) is 0.980. The van der Waals surface area contributed by atoms with E-state index in [1.807, 2.05) is 29.9 Å². The molecule has 1 rings (SSSR count). The number of rotatable bonds is 2. The normalized spacial score (nSPS) is 12.3. The first-order chi connectivity index (χ1) is 4.75. The summed E-state index contributed by atoms with van der Waals surface area (Å²) in [5.74, 6) is 0. The number of hydrogen-bond donors (Lipinski definition) is 2. The van der Waals surface area contributed by atoms with E-state index in [1.165, 1.54) is 0 Å².